The number of hydrogen-bond donors (Lipinski definition) is 1. The molecule has 1 N–H and O–H groups in total. The fourth-order valence-corrected chi connectivity index (χ4v) is 4.54. The van der Waals surface area contributed by atoms with Gasteiger partial charge in [0.05, 0.1) is 11.3 Å². The third-order valence-corrected chi connectivity index (χ3v) is 6.11. The first-order valence-corrected chi connectivity index (χ1v) is 9.95. The van der Waals surface area contributed by atoms with E-state index in [4.69, 9.17) is 14.8 Å². The van der Waals surface area contributed by atoms with Gasteiger partial charge < -0.3 is 14.7 Å². The molecule has 0 bridgehead atoms. The van der Waals surface area contributed by atoms with E-state index in [2.05, 4.69) is 15.2 Å². The van der Waals surface area contributed by atoms with Crippen molar-refractivity contribution in [2.45, 2.75) is 18.9 Å². The lowest BCUT2D eigenvalue weighted by Gasteiger charge is -2.40. The molecular weight excluding hydrogens is 350 g/mol. The normalized spacial score (nSPS) is 19.6. The molecule has 2 saturated heterocycles. The first-order valence-electron chi connectivity index (χ1n) is 9.07. The molecule has 2 aliphatic rings. The van der Waals surface area contributed by atoms with Crippen LogP contribution in [0.25, 0.3) is 11.3 Å². The monoisotopic (exact) mass is 373 g/mol. The Morgan fingerprint density at radius 1 is 1.12 bits per heavy atom. The van der Waals surface area contributed by atoms with Crippen molar-refractivity contribution in [1.29, 1.82) is 0 Å². The van der Waals surface area contributed by atoms with Crippen molar-refractivity contribution in [3.63, 3.8) is 0 Å². The van der Waals surface area contributed by atoms with Gasteiger partial charge in [0.15, 0.2) is 5.13 Å². The maximum absolute atomic E-state index is 11.0. The maximum Gasteiger partial charge on any atom is 0.335 e. The first kappa shape index (κ1) is 17.5. The molecule has 0 atom stereocenters. The highest BCUT2D eigenvalue weighted by Crippen LogP contribution is 2.29. The summed E-state index contributed by atoms with van der Waals surface area (Å²) in [6, 6.07) is 7.58. The Kier molecular flexibility index (Phi) is 5.19. The predicted octanol–water partition coefficient (Wildman–Crippen LogP) is 2.81. The largest absolute Gasteiger partial charge is 0.478 e. The molecule has 6 nitrogen and oxygen atoms in total. The molecule has 2 aromatic rings. The van der Waals surface area contributed by atoms with Gasteiger partial charge in [0, 0.05) is 56.4 Å². The van der Waals surface area contributed by atoms with Gasteiger partial charge in [0.1, 0.15) is 0 Å². The van der Waals surface area contributed by atoms with Crippen LogP contribution in [-0.2, 0) is 4.74 Å². The van der Waals surface area contributed by atoms with Crippen LogP contribution in [0, 0.1) is 0 Å². The summed E-state index contributed by atoms with van der Waals surface area (Å²) < 4.78 is 5.47. The molecular formula is C19H23N3O3S. The molecule has 0 unspecified atom stereocenters. The lowest BCUT2D eigenvalue weighted by Crippen LogP contribution is -2.51. The average molecular weight is 373 g/mol. The second-order valence-electron chi connectivity index (χ2n) is 6.76. The van der Waals surface area contributed by atoms with Gasteiger partial charge in [0.25, 0.3) is 0 Å². The fourth-order valence-electron chi connectivity index (χ4n) is 3.65. The Labute approximate surface area is 157 Å². The number of ether oxygens (including phenoxy) is 1. The Hall–Kier alpha value is -1.96. The maximum atomic E-state index is 11.0. The van der Waals surface area contributed by atoms with Gasteiger partial charge in [-0.15, -0.1) is 11.3 Å². The Morgan fingerprint density at radius 2 is 1.81 bits per heavy atom. The minimum Gasteiger partial charge on any atom is -0.478 e. The summed E-state index contributed by atoms with van der Waals surface area (Å²) in [6.07, 6.45) is 2.29. The molecule has 26 heavy (non-hydrogen) atoms. The summed E-state index contributed by atoms with van der Waals surface area (Å²) in [4.78, 5) is 20.7. The molecule has 0 radical (unpaired) electrons. The van der Waals surface area contributed by atoms with Crippen molar-refractivity contribution >= 4 is 22.4 Å². The van der Waals surface area contributed by atoms with Gasteiger partial charge in [0.2, 0.25) is 0 Å². The van der Waals surface area contributed by atoms with Crippen LogP contribution in [0.4, 0.5) is 5.13 Å². The van der Waals surface area contributed by atoms with Crippen molar-refractivity contribution in [2.24, 2.45) is 0 Å². The quantitative estimate of drug-likeness (QED) is 0.889. The third-order valence-electron chi connectivity index (χ3n) is 5.21. The standard InChI is InChI=1S/C19H23N3O3S/c23-18(24)15-3-1-14(2-4-15)17-13-26-19(20-17)22-9-7-21(8-10-22)16-5-11-25-12-6-16/h1-4,13,16H,5-12H2,(H,23,24). The molecule has 4 rings (SSSR count). The molecule has 1 aromatic carbocycles. The van der Waals surface area contributed by atoms with E-state index in [0.29, 0.717) is 11.6 Å². The van der Waals surface area contributed by atoms with Crippen LogP contribution >= 0.6 is 11.3 Å². The minimum absolute atomic E-state index is 0.299. The lowest BCUT2D eigenvalue weighted by molar-refractivity contribution is 0.0321. The number of piperazine rings is 1. The van der Waals surface area contributed by atoms with Gasteiger partial charge in [-0.3, -0.25) is 4.90 Å². The second kappa shape index (κ2) is 7.73. The van der Waals surface area contributed by atoms with E-state index in [0.717, 1.165) is 68.6 Å². The van der Waals surface area contributed by atoms with E-state index < -0.39 is 5.97 Å². The zero-order valence-corrected chi connectivity index (χ0v) is 15.5. The van der Waals surface area contributed by atoms with Gasteiger partial charge in [-0.25, -0.2) is 9.78 Å². The summed E-state index contributed by atoms with van der Waals surface area (Å²) >= 11 is 1.66. The topological polar surface area (TPSA) is 65.9 Å². The highest BCUT2D eigenvalue weighted by atomic mass is 32.1. The number of hydrogen-bond acceptors (Lipinski definition) is 6. The molecule has 7 heteroatoms. The van der Waals surface area contributed by atoms with Crippen LogP contribution in [0.1, 0.15) is 23.2 Å². The number of benzene rings is 1. The predicted molar refractivity (Wildman–Crippen MR) is 102 cm³/mol. The highest BCUT2D eigenvalue weighted by molar-refractivity contribution is 7.14. The zero-order chi connectivity index (χ0) is 17.9. The molecule has 3 heterocycles. The Balaban J connectivity index is 1.38. The molecule has 0 aliphatic carbocycles. The number of carboxylic acid groups (broad SMARTS) is 1. The van der Waals surface area contributed by atoms with Gasteiger partial charge in [-0.1, -0.05) is 12.1 Å². The van der Waals surface area contributed by atoms with Crippen LogP contribution in [0.5, 0.6) is 0 Å². The van der Waals surface area contributed by atoms with Gasteiger partial charge in [-0.2, -0.15) is 0 Å². The van der Waals surface area contributed by atoms with Crippen molar-refractivity contribution in [3.8, 4) is 11.3 Å². The third kappa shape index (κ3) is 3.75. The number of aromatic carboxylic acids is 1. The van der Waals surface area contributed by atoms with E-state index in [9.17, 15) is 4.79 Å². The summed E-state index contributed by atoms with van der Waals surface area (Å²) in [5.74, 6) is -0.905. The summed E-state index contributed by atoms with van der Waals surface area (Å²) in [5, 5.41) is 12.1. The number of anilines is 1. The van der Waals surface area contributed by atoms with Gasteiger partial charge >= 0.3 is 5.97 Å². The van der Waals surface area contributed by atoms with Crippen LogP contribution in [0.15, 0.2) is 29.6 Å². The number of nitrogens with zero attached hydrogens (tertiary/aromatic N) is 3. The van der Waals surface area contributed by atoms with Crippen LogP contribution in [0.2, 0.25) is 0 Å². The van der Waals surface area contributed by atoms with Crippen molar-refractivity contribution < 1.29 is 14.6 Å². The molecule has 2 aliphatic heterocycles. The molecule has 138 valence electrons. The van der Waals surface area contributed by atoms with Crippen molar-refractivity contribution in [1.82, 2.24) is 9.88 Å². The van der Waals surface area contributed by atoms with E-state index in [1.807, 2.05) is 12.1 Å². The van der Waals surface area contributed by atoms with E-state index in [1.165, 1.54) is 0 Å². The SMILES string of the molecule is O=C(O)c1ccc(-c2csc(N3CCN(C4CCOCC4)CC3)n2)cc1. The Bertz CT molecular complexity index is 748. The first-order chi connectivity index (χ1) is 12.7. The Morgan fingerprint density at radius 3 is 2.46 bits per heavy atom. The van der Waals surface area contributed by atoms with Crippen molar-refractivity contribution in [2.75, 3.05) is 44.3 Å². The summed E-state index contributed by atoms with van der Waals surface area (Å²) in [6.45, 7) is 5.94. The second-order valence-corrected chi connectivity index (χ2v) is 7.60. The van der Waals surface area contributed by atoms with Crippen LogP contribution < -0.4 is 4.90 Å². The number of carbonyl (C=O) groups is 1. The summed E-state index contributed by atoms with van der Waals surface area (Å²) in [7, 11) is 0. The van der Waals surface area contributed by atoms with Gasteiger partial charge in [-0.05, 0) is 25.0 Å². The smallest absolute Gasteiger partial charge is 0.335 e. The number of rotatable bonds is 4. The van der Waals surface area contributed by atoms with E-state index in [1.54, 1.807) is 23.5 Å². The molecule has 1 aromatic heterocycles. The minimum atomic E-state index is -0.905. The fraction of sp³-hybridized carbons (Fsp3) is 0.474. The highest BCUT2D eigenvalue weighted by Gasteiger charge is 2.26. The number of carboxylic acids is 1. The lowest BCUT2D eigenvalue weighted by atomic mass is 10.1. The molecule has 0 saturated carbocycles. The molecule has 0 spiro atoms. The summed E-state index contributed by atoms with van der Waals surface area (Å²) in [5.41, 5.74) is 2.17. The molecule has 2 fully saturated rings. The molecule has 0 amide bonds. The van der Waals surface area contributed by atoms with E-state index >= 15 is 0 Å². The average Bonchev–Trinajstić information content (AvgIpc) is 3.19. The zero-order valence-electron chi connectivity index (χ0n) is 14.6. The van der Waals surface area contributed by atoms with Crippen LogP contribution in [-0.4, -0.2) is 66.4 Å². The number of aromatic nitrogens is 1. The number of thiazole rings is 1. The van der Waals surface area contributed by atoms with Crippen molar-refractivity contribution in [3.05, 3.63) is 35.2 Å². The van der Waals surface area contributed by atoms with E-state index in [-0.39, 0.29) is 0 Å². The van der Waals surface area contributed by atoms with Crippen LogP contribution in [0.3, 0.4) is 0 Å².